The summed E-state index contributed by atoms with van der Waals surface area (Å²) in [7, 11) is 4.32. The van der Waals surface area contributed by atoms with Crippen LogP contribution in [0.1, 0.15) is 46.5 Å². The Hall–Kier alpha value is -0.610. The van der Waals surface area contributed by atoms with E-state index in [9.17, 15) is 4.79 Å². The Morgan fingerprint density at radius 1 is 1.42 bits per heavy atom. The van der Waals surface area contributed by atoms with E-state index in [1.165, 1.54) is 25.7 Å². The molecule has 0 spiro atoms. The molecule has 2 N–H and O–H groups in total. The molecule has 0 aromatic carbocycles. The Balaban J connectivity index is 2.44. The van der Waals surface area contributed by atoms with E-state index >= 15 is 0 Å². The van der Waals surface area contributed by atoms with E-state index in [1.807, 2.05) is 13.8 Å². The maximum atomic E-state index is 11.6. The fraction of sp³-hybridized carbons (Fsp3) is 0.933. The first-order valence-electron chi connectivity index (χ1n) is 7.53. The van der Waals surface area contributed by atoms with Crippen molar-refractivity contribution in [2.75, 3.05) is 27.2 Å². The number of hydrogen-bond acceptors (Lipinski definition) is 3. The van der Waals surface area contributed by atoms with Gasteiger partial charge < -0.3 is 15.5 Å². The Kier molecular flexibility index (Phi) is 6.27. The molecule has 2 atom stereocenters. The van der Waals surface area contributed by atoms with Gasteiger partial charge in [0.15, 0.2) is 0 Å². The highest BCUT2D eigenvalue weighted by molar-refractivity contribution is 5.78. The minimum Gasteiger partial charge on any atom is -0.353 e. The number of nitrogens with zero attached hydrogens (tertiary/aromatic N) is 1. The Morgan fingerprint density at radius 3 is 2.63 bits per heavy atom. The Bertz CT molecular complexity index is 291. The van der Waals surface area contributed by atoms with Crippen molar-refractivity contribution in [1.82, 2.24) is 15.5 Å². The van der Waals surface area contributed by atoms with E-state index in [4.69, 9.17) is 0 Å². The molecule has 1 aliphatic carbocycles. The molecule has 1 aliphatic rings. The third kappa shape index (κ3) is 5.11. The van der Waals surface area contributed by atoms with Crippen LogP contribution in [0.3, 0.4) is 0 Å². The van der Waals surface area contributed by atoms with Gasteiger partial charge in [-0.15, -0.1) is 0 Å². The molecule has 2 unspecified atom stereocenters. The third-order valence-corrected chi connectivity index (χ3v) is 4.21. The van der Waals surface area contributed by atoms with Crippen molar-refractivity contribution in [2.24, 2.45) is 5.92 Å². The van der Waals surface area contributed by atoms with Gasteiger partial charge in [0, 0.05) is 18.1 Å². The molecule has 112 valence electrons. The summed E-state index contributed by atoms with van der Waals surface area (Å²) in [6, 6.07) is 0.215. The van der Waals surface area contributed by atoms with E-state index in [0.717, 1.165) is 12.5 Å². The molecule has 0 radical (unpaired) electrons. The van der Waals surface area contributed by atoms with Crippen LogP contribution in [0.4, 0.5) is 0 Å². The van der Waals surface area contributed by atoms with Crippen molar-refractivity contribution >= 4 is 5.91 Å². The van der Waals surface area contributed by atoms with Gasteiger partial charge in [0.2, 0.25) is 5.91 Å². The quantitative estimate of drug-likeness (QED) is 0.770. The van der Waals surface area contributed by atoms with Crippen molar-refractivity contribution in [3.05, 3.63) is 0 Å². The normalized spacial score (nSPS) is 27.8. The van der Waals surface area contributed by atoms with Gasteiger partial charge in [-0.25, -0.2) is 0 Å². The van der Waals surface area contributed by atoms with E-state index in [1.54, 1.807) is 0 Å². The van der Waals surface area contributed by atoms with Gasteiger partial charge in [-0.05, 0) is 46.7 Å². The van der Waals surface area contributed by atoms with Gasteiger partial charge in [0.05, 0.1) is 6.54 Å². The molecule has 19 heavy (non-hydrogen) atoms. The second kappa shape index (κ2) is 7.25. The monoisotopic (exact) mass is 269 g/mol. The lowest BCUT2D eigenvalue weighted by atomic mass is 9.75. The van der Waals surface area contributed by atoms with Gasteiger partial charge in [0.1, 0.15) is 0 Å². The number of amides is 1. The highest BCUT2D eigenvalue weighted by Crippen LogP contribution is 2.35. The first-order chi connectivity index (χ1) is 8.85. The Morgan fingerprint density at radius 2 is 2.11 bits per heavy atom. The van der Waals surface area contributed by atoms with Crippen LogP contribution in [0.15, 0.2) is 0 Å². The van der Waals surface area contributed by atoms with Crippen LogP contribution in [0.2, 0.25) is 0 Å². The van der Waals surface area contributed by atoms with Crippen molar-refractivity contribution in [1.29, 1.82) is 0 Å². The largest absolute Gasteiger partial charge is 0.353 e. The second-order valence-electron chi connectivity index (χ2n) is 6.65. The second-order valence-corrected chi connectivity index (χ2v) is 6.65. The minimum absolute atomic E-state index is 0.0905. The average molecular weight is 269 g/mol. The smallest absolute Gasteiger partial charge is 0.234 e. The first kappa shape index (κ1) is 16.4. The number of rotatable bonds is 6. The number of carbonyl (C=O) groups is 1. The van der Waals surface area contributed by atoms with E-state index in [2.05, 4.69) is 36.6 Å². The highest BCUT2D eigenvalue weighted by Gasteiger charge is 2.36. The predicted octanol–water partition coefficient (Wildman–Crippen LogP) is 1.61. The topological polar surface area (TPSA) is 44.4 Å². The summed E-state index contributed by atoms with van der Waals surface area (Å²) in [6.07, 6.45) is 5.07. The van der Waals surface area contributed by atoms with Crippen molar-refractivity contribution in [3.8, 4) is 0 Å². The van der Waals surface area contributed by atoms with Gasteiger partial charge in [0.25, 0.3) is 0 Å². The SMILES string of the molecule is CC1CCCC(CNCC(=O)NC(C)C)(N(C)C)C1. The lowest BCUT2D eigenvalue weighted by Crippen LogP contribution is -2.55. The van der Waals surface area contributed by atoms with Crippen LogP contribution in [-0.4, -0.2) is 49.6 Å². The fourth-order valence-electron chi connectivity index (χ4n) is 3.14. The van der Waals surface area contributed by atoms with E-state index in [0.29, 0.717) is 6.54 Å². The van der Waals surface area contributed by atoms with Crippen LogP contribution in [0, 0.1) is 5.92 Å². The molecule has 0 aromatic heterocycles. The zero-order valence-corrected chi connectivity index (χ0v) is 13.3. The third-order valence-electron chi connectivity index (χ3n) is 4.21. The maximum Gasteiger partial charge on any atom is 0.234 e. The predicted molar refractivity (Wildman–Crippen MR) is 80.2 cm³/mol. The molecule has 1 amide bonds. The number of carbonyl (C=O) groups excluding carboxylic acids is 1. The molecule has 0 saturated heterocycles. The summed E-state index contributed by atoms with van der Waals surface area (Å²) in [5.41, 5.74) is 0.218. The number of hydrogen-bond donors (Lipinski definition) is 2. The van der Waals surface area contributed by atoms with E-state index in [-0.39, 0.29) is 17.5 Å². The van der Waals surface area contributed by atoms with Gasteiger partial charge in [-0.2, -0.15) is 0 Å². The van der Waals surface area contributed by atoms with Crippen molar-refractivity contribution in [2.45, 2.75) is 58.0 Å². The maximum absolute atomic E-state index is 11.6. The van der Waals surface area contributed by atoms with E-state index < -0.39 is 0 Å². The summed E-state index contributed by atoms with van der Waals surface area (Å²) in [4.78, 5) is 14.0. The van der Waals surface area contributed by atoms with Crippen LogP contribution in [-0.2, 0) is 4.79 Å². The van der Waals surface area contributed by atoms with Crippen LogP contribution in [0.25, 0.3) is 0 Å². The fourth-order valence-corrected chi connectivity index (χ4v) is 3.14. The van der Waals surface area contributed by atoms with Gasteiger partial charge in [-0.1, -0.05) is 19.8 Å². The summed E-state index contributed by atoms with van der Waals surface area (Å²) in [5.74, 6) is 0.871. The van der Waals surface area contributed by atoms with Gasteiger partial charge >= 0.3 is 0 Å². The molecule has 0 heterocycles. The molecular weight excluding hydrogens is 238 g/mol. The molecule has 0 aromatic rings. The highest BCUT2D eigenvalue weighted by atomic mass is 16.1. The van der Waals surface area contributed by atoms with Crippen LogP contribution >= 0.6 is 0 Å². The summed E-state index contributed by atoms with van der Waals surface area (Å²) >= 11 is 0. The molecule has 1 saturated carbocycles. The van der Waals surface area contributed by atoms with Gasteiger partial charge in [-0.3, -0.25) is 4.79 Å². The van der Waals surface area contributed by atoms with Crippen molar-refractivity contribution < 1.29 is 4.79 Å². The summed E-state index contributed by atoms with van der Waals surface area (Å²) in [5, 5.41) is 6.27. The Labute approximate surface area is 118 Å². The molecule has 1 fully saturated rings. The molecule has 4 heteroatoms. The zero-order chi connectivity index (χ0) is 14.5. The van der Waals surface area contributed by atoms with Crippen molar-refractivity contribution in [3.63, 3.8) is 0 Å². The summed E-state index contributed by atoms with van der Waals surface area (Å²) in [6.45, 7) is 7.63. The molecule has 0 aliphatic heterocycles. The summed E-state index contributed by atoms with van der Waals surface area (Å²) < 4.78 is 0. The molecule has 1 rings (SSSR count). The number of likely N-dealkylation sites (N-methyl/N-ethyl adjacent to an activating group) is 1. The van der Waals surface area contributed by atoms with Crippen LogP contribution in [0.5, 0.6) is 0 Å². The lowest BCUT2D eigenvalue weighted by molar-refractivity contribution is -0.120. The zero-order valence-electron chi connectivity index (χ0n) is 13.3. The molecule has 4 nitrogen and oxygen atoms in total. The average Bonchev–Trinajstić information content (AvgIpc) is 2.27. The number of nitrogens with one attached hydrogen (secondary N) is 2. The van der Waals surface area contributed by atoms with Crippen LogP contribution < -0.4 is 10.6 Å². The standard InChI is InChI=1S/C15H31N3O/c1-12(2)17-14(19)10-16-11-15(18(4)5)8-6-7-13(3)9-15/h12-13,16H,6-11H2,1-5H3,(H,17,19). The first-order valence-corrected chi connectivity index (χ1v) is 7.53. The molecular formula is C15H31N3O. The molecule has 0 bridgehead atoms. The lowest BCUT2D eigenvalue weighted by Gasteiger charge is -2.45. The minimum atomic E-state index is 0.0905.